The Morgan fingerprint density at radius 3 is 0.844 bits per heavy atom. The summed E-state index contributed by atoms with van der Waals surface area (Å²) < 4.78 is 68.9. The van der Waals surface area contributed by atoms with Crippen molar-refractivity contribution in [1.82, 2.24) is 0 Å². The normalized spacial score (nSPS) is 20.8. The molecule has 4 unspecified atom stereocenters. The van der Waals surface area contributed by atoms with Crippen LogP contribution >= 0.6 is 0 Å². The molecule has 0 aromatic rings. The smallest absolute Gasteiger partial charge is 0.415 e. The molecule has 0 amide bonds. The molecule has 0 N–H and O–H groups in total. The third-order valence-electron chi connectivity index (χ3n) is 4.17. The molecule has 0 spiro atoms. The largest absolute Gasteiger partial charge is 0.518 e. The summed E-state index contributed by atoms with van der Waals surface area (Å²) >= 11 is 0. The first kappa shape index (κ1) is 32.8. The maximum absolute atomic E-state index is 6.20. The molecule has 0 aliphatic carbocycles. The molecule has 194 valence electrons. The maximum Gasteiger partial charge on any atom is 0.518 e. The maximum atomic E-state index is 6.20. The fourth-order valence-corrected chi connectivity index (χ4v) is 20.3. The fourth-order valence-electron chi connectivity index (χ4n) is 2.28. The molecule has 0 rings (SSSR count). The fraction of sp³-hybridized carbons (Fsp3) is 1.00. The van der Waals surface area contributed by atoms with Crippen LogP contribution in [0.4, 0.5) is 0 Å². The summed E-state index contributed by atoms with van der Waals surface area (Å²) in [6.07, 6.45) is 0. The first-order valence-electron chi connectivity index (χ1n) is 9.88. The highest BCUT2D eigenvalue weighted by Gasteiger charge is 2.56. The predicted molar refractivity (Wildman–Crippen MR) is 130 cm³/mol. The molecule has 0 bridgehead atoms. The van der Waals surface area contributed by atoms with Crippen molar-refractivity contribution >= 4 is 52.3 Å². The van der Waals surface area contributed by atoms with Gasteiger partial charge in [-0.1, -0.05) is 0 Å². The third kappa shape index (κ3) is 11.0. The lowest BCUT2D eigenvalue weighted by Crippen LogP contribution is -2.64. The van der Waals surface area contributed by atoms with Crippen molar-refractivity contribution in [2.45, 2.75) is 52.4 Å². The average molecular weight is 571 g/mol. The summed E-state index contributed by atoms with van der Waals surface area (Å²) in [5.74, 6) is 0. The molecule has 0 aromatic heterocycles. The molecule has 0 fully saturated rings. The summed E-state index contributed by atoms with van der Waals surface area (Å²) in [7, 11) is -9.27. The highest BCUT2D eigenvalue weighted by atomic mass is 28.5. The van der Waals surface area contributed by atoms with Crippen molar-refractivity contribution in [3.63, 3.8) is 0 Å². The van der Waals surface area contributed by atoms with Gasteiger partial charge in [-0.3, -0.25) is 0 Å². The van der Waals surface area contributed by atoms with E-state index in [-0.39, 0.29) is 0 Å². The minimum absolute atomic E-state index is 1.45. The Hall–Kier alpha value is 0.821. The molecular formula is C14H42O12Si6. The van der Waals surface area contributed by atoms with E-state index in [0.29, 0.717) is 0 Å². The highest BCUT2D eigenvalue weighted by Crippen LogP contribution is 2.27. The van der Waals surface area contributed by atoms with Gasteiger partial charge < -0.3 is 43.0 Å². The Bertz CT molecular complexity index is 569. The van der Waals surface area contributed by atoms with Crippen LogP contribution in [0.2, 0.25) is 52.4 Å². The third-order valence-corrected chi connectivity index (χ3v) is 22.4. The van der Waals surface area contributed by atoms with Crippen LogP contribution < -0.4 is 0 Å². The molecule has 0 aliphatic heterocycles. The van der Waals surface area contributed by atoms with Gasteiger partial charge in [0.05, 0.1) is 0 Å². The van der Waals surface area contributed by atoms with Crippen molar-refractivity contribution in [1.29, 1.82) is 0 Å². The second-order valence-electron chi connectivity index (χ2n) is 8.22. The summed E-state index contributed by atoms with van der Waals surface area (Å²) in [4.78, 5) is 0. The standard InChI is InChI=1S/C14H42O12Si6/c1-15-28(10,16-2)24-31(13,19-5)26-32(14,20-6)25-30(12,18-4)22-21-29(11,17-3)23-27(7,8)9/h1-14H3. The van der Waals surface area contributed by atoms with Crippen LogP contribution in [0.25, 0.3) is 0 Å². The van der Waals surface area contributed by atoms with Gasteiger partial charge in [0.25, 0.3) is 0 Å². The predicted octanol–water partition coefficient (Wildman–Crippen LogP) is 2.56. The Morgan fingerprint density at radius 1 is 0.312 bits per heavy atom. The first-order chi connectivity index (χ1) is 14.4. The Morgan fingerprint density at radius 2 is 0.562 bits per heavy atom. The van der Waals surface area contributed by atoms with E-state index in [1.807, 2.05) is 19.6 Å². The molecule has 18 heteroatoms. The second-order valence-corrected chi connectivity index (χ2v) is 27.1. The molecular weight excluding hydrogens is 529 g/mol. The van der Waals surface area contributed by atoms with E-state index in [1.54, 1.807) is 32.7 Å². The van der Waals surface area contributed by atoms with E-state index in [1.165, 1.54) is 42.7 Å². The highest BCUT2D eigenvalue weighted by molar-refractivity contribution is 6.83. The number of hydrogen-bond acceptors (Lipinski definition) is 12. The lowest BCUT2D eigenvalue weighted by molar-refractivity contribution is -0.194. The van der Waals surface area contributed by atoms with E-state index >= 15 is 0 Å². The van der Waals surface area contributed by atoms with Crippen LogP contribution in [-0.2, 0) is 52.2 Å². The van der Waals surface area contributed by atoms with Crippen molar-refractivity contribution < 1.29 is 52.2 Å². The van der Waals surface area contributed by atoms with Gasteiger partial charge in [0.15, 0.2) is 8.32 Å². The summed E-state index contributed by atoms with van der Waals surface area (Å²) in [6.45, 7) is 14.6. The second kappa shape index (κ2) is 12.7. The van der Waals surface area contributed by atoms with Crippen molar-refractivity contribution in [2.75, 3.05) is 42.7 Å². The van der Waals surface area contributed by atoms with Gasteiger partial charge in [-0.05, 0) is 19.6 Å². The van der Waals surface area contributed by atoms with E-state index in [2.05, 4.69) is 0 Å². The SMILES string of the molecule is CO[Si](C)(OO[Si](C)(OC)O[Si](C)(OC)O[Si](C)(OC)O[Si](C)(OC)OC)O[Si](C)(C)C. The van der Waals surface area contributed by atoms with Gasteiger partial charge in [-0.25, -0.2) is 9.15 Å². The van der Waals surface area contributed by atoms with Gasteiger partial charge >= 0.3 is 44.0 Å². The van der Waals surface area contributed by atoms with Crippen LogP contribution in [-0.4, -0.2) is 95.0 Å². The van der Waals surface area contributed by atoms with Crippen LogP contribution in [0.5, 0.6) is 0 Å². The van der Waals surface area contributed by atoms with E-state index in [4.69, 9.17) is 52.2 Å². The summed E-state index contributed by atoms with van der Waals surface area (Å²) in [5.41, 5.74) is 0. The monoisotopic (exact) mass is 570 g/mol. The first-order valence-corrected chi connectivity index (χ1v) is 24.4. The molecule has 0 heterocycles. The van der Waals surface area contributed by atoms with Gasteiger partial charge in [-0.15, -0.1) is 0 Å². The lowest BCUT2D eigenvalue weighted by Gasteiger charge is -2.39. The zero-order chi connectivity index (χ0) is 25.5. The molecule has 0 radical (unpaired) electrons. The zero-order valence-corrected chi connectivity index (χ0v) is 27.9. The topological polar surface area (TPSA) is 111 Å². The van der Waals surface area contributed by atoms with Crippen LogP contribution in [0, 0.1) is 0 Å². The molecule has 0 aliphatic rings. The molecule has 4 atom stereocenters. The number of rotatable bonds is 17. The summed E-state index contributed by atoms with van der Waals surface area (Å²) in [6, 6.07) is 0. The lowest BCUT2D eigenvalue weighted by atomic mass is 11.8. The van der Waals surface area contributed by atoms with Crippen LogP contribution in [0.15, 0.2) is 0 Å². The molecule has 0 saturated heterocycles. The quantitative estimate of drug-likeness (QED) is 0.146. The van der Waals surface area contributed by atoms with Crippen LogP contribution in [0.3, 0.4) is 0 Å². The van der Waals surface area contributed by atoms with Crippen LogP contribution in [0.1, 0.15) is 0 Å². The molecule has 12 nitrogen and oxygen atoms in total. The Balaban J connectivity index is 5.58. The van der Waals surface area contributed by atoms with Crippen molar-refractivity contribution in [2.24, 2.45) is 0 Å². The van der Waals surface area contributed by atoms with Gasteiger partial charge in [0, 0.05) is 75.4 Å². The minimum Gasteiger partial charge on any atom is -0.415 e. The zero-order valence-electron chi connectivity index (χ0n) is 21.9. The number of hydrogen-bond donors (Lipinski definition) is 0. The summed E-state index contributed by atoms with van der Waals surface area (Å²) in [5, 5.41) is 0. The van der Waals surface area contributed by atoms with Gasteiger partial charge in [0.1, 0.15) is 0 Å². The molecule has 32 heavy (non-hydrogen) atoms. The van der Waals surface area contributed by atoms with E-state index < -0.39 is 52.3 Å². The van der Waals surface area contributed by atoms with E-state index in [9.17, 15) is 0 Å². The molecule has 0 saturated carbocycles. The Labute approximate surface area is 199 Å². The average Bonchev–Trinajstić information content (AvgIpc) is 2.70. The van der Waals surface area contributed by atoms with Crippen molar-refractivity contribution in [3.8, 4) is 0 Å². The van der Waals surface area contributed by atoms with Crippen molar-refractivity contribution in [3.05, 3.63) is 0 Å². The molecule has 0 aromatic carbocycles. The van der Waals surface area contributed by atoms with Gasteiger partial charge in [-0.2, -0.15) is 0 Å². The van der Waals surface area contributed by atoms with Gasteiger partial charge in [0.2, 0.25) is 0 Å². The Kier molecular flexibility index (Phi) is 13.0. The van der Waals surface area contributed by atoms with E-state index in [0.717, 1.165) is 0 Å². The minimum atomic E-state index is -3.43.